The summed E-state index contributed by atoms with van der Waals surface area (Å²) in [5, 5.41) is 17.7. The van der Waals surface area contributed by atoms with Crippen molar-refractivity contribution in [2.24, 2.45) is 0 Å². The molecular formula is C8H16O4. The zero-order valence-corrected chi connectivity index (χ0v) is 7.87. The van der Waals surface area contributed by atoms with Crippen LogP contribution in [0.4, 0.5) is 0 Å². The topological polar surface area (TPSA) is 66.8 Å². The molecule has 0 aromatic heterocycles. The number of carbonyl (C=O) groups is 1. The van der Waals surface area contributed by atoms with Crippen LogP contribution in [0.15, 0.2) is 0 Å². The molecule has 4 nitrogen and oxygen atoms in total. The summed E-state index contributed by atoms with van der Waals surface area (Å²) in [7, 11) is 0. The van der Waals surface area contributed by atoms with Crippen molar-refractivity contribution >= 4 is 5.97 Å². The second kappa shape index (κ2) is 3.87. The first-order chi connectivity index (χ1) is 5.24. The van der Waals surface area contributed by atoms with E-state index in [2.05, 4.69) is 0 Å². The predicted octanol–water partition coefficient (Wildman–Crippen LogP) is 0.635. The molecule has 0 saturated heterocycles. The van der Waals surface area contributed by atoms with Crippen LogP contribution in [0.3, 0.4) is 0 Å². The second-order valence-corrected chi connectivity index (χ2v) is 3.73. The van der Waals surface area contributed by atoms with Crippen LogP contribution >= 0.6 is 0 Å². The molecule has 72 valence electrons. The van der Waals surface area contributed by atoms with E-state index in [4.69, 9.17) is 14.9 Å². The molecule has 0 aromatic rings. The lowest BCUT2D eigenvalue weighted by Crippen LogP contribution is -2.40. The van der Waals surface area contributed by atoms with Gasteiger partial charge in [-0.25, -0.2) is 4.79 Å². The average molecular weight is 176 g/mol. The Morgan fingerprint density at radius 2 is 1.83 bits per heavy atom. The van der Waals surface area contributed by atoms with Crippen molar-refractivity contribution in [2.75, 3.05) is 0 Å². The molecule has 0 heterocycles. The van der Waals surface area contributed by atoms with E-state index in [-0.39, 0.29) is 0 Å². The fourth-order valence-corrected chi connectivity index (χ4v) is 0.736. The summed E-state index contributed by atoms with van der Waals surface area (Å²) in [4.78, 5) is 10.5. The van der Waals surface area contributed by atoms with Crippen LogP contribution in [0.2, 0.25) is 0 Å². The van der Waals surface area contributed by atoms with Gasteiger partial charge in [0, 0.05) is 0 Å². The highest BCUT2D eigenvalue weighted by Gasteiger charge is 2.28. The lowest BCUT2D eigenvalue weighted by molar-refractivity contribution is -0.170. The van der Waals surface area contributed by atoms with Crippen molar-refractivity contribution in [3.05, 3.63) is 0 Å². The Morgan fingerprint density at radius 3 is 1.92 bits per heavy atom. The van der Waals surface area contributed by atoms with Crippen LogP contribution in [-0.2, 0) is 9.53 Å². The van der Waals surface area contributed by atoms with Gasteiger partial charge in [0.1, 0.15) is 0 Å². The molecule has 0 aliphatic heterocycles. The molecule has 0 rings (SSSR count). The lowest BCUT2D eigenvalue weighted by atomic mass is 10.1. The van der Waals surface area contributed by atoms with Crippen LogP contribution in [-0.4, -0.2) is 34.0 Å². The highest BCUT2D eigenvalue weighted by molar-refractivity contribution is 5.73. The van der Waals surface area contributed by atoms with Crippen molar-refractivity contribution in [3.63, 3.8) is 0 Å². The van der Waals surface area contributed by atoms with Gasteiger partial charge >= 0.3 is 5.97 Å². The van der Waals surface area contributed by atoms with Gasteiger partial charge in [0.2, 0.25) is 0 Å². The van der Waals surface area contributed by atoms with E-state index in [9.17, 15) is 4.79 Å². The third kappa shape index (κ3) is 4.31. The quantitative estimate of drug-likeness (QED) is 0.662. The first-order valence-corrected chi connectivity index (χ1v) is 3.83. The molecule has 0 fully saturated rings. The molecule has 0 aromatic carbocycles. The van der Waals surface area contributed by atoms with E-state index < -0.39 is 23.8 Å². The Morgan fingerprint density at radius 1 is 1.42 bits per heavy atom. The fraction of sp³-hybridized carbons (Fsp3) is 0.875. The molecule has 2 N–H and O–H groups in total. The van der Waals surface area contributed by atoms with Crippen molar-refractivity contribution in [2.45, 2.75) is 45.5 Å². The first-order valence-electron chi connectivity index (χ1n) is 3.83. The van der Waals surface area contributed by atoms with Gasteiger partial charge in [0.05, 0.1) is 11.7 Å². The normalized spacial score (nSPS) is 17.1. The molecule has 0 saturated carbocycles. The zero-order chi connectivity index (χ0) is 9.94. The molecule has 2 atom stereocenters. The van der Waals surface area contributed by atoms with Gasteiger partial charge in [-0.05, 0) is 27.7 Å². The van der Waals surface area contributed by atoms with Crippen LogP contribution < -0.4 is 0 Å². The highest BCUT2D eigenvalue weighted by Crippen LogP contribution is 2.13. The zero-order valence-electron chi connectivity index (χ0n) is 7.87. The smallest absolute Gasteiger partial charge is 0.335 e. The number of rotatable bonds is 3. The van der Waals surface area contributed by atoms with Gasteiger partial charge in [-0.15, -0.1) is 0 Å². The summed E-state index contributed by atoms with van der Waals surface area (Å²) in [6, 6.07) is 0. The van der Waals surface area contributed by atoms with Gasteiger partial charge in [-0.2, -0.15) is 0 Å². The van der Waals surface area contributed by atoms with Crippen molar-refractivity contribution in [3.8, 4) is 0 Å². The van der Waals surface area contributed by atoms with E-state index >= 15 is 0 Å². The first kappa shape index (κ1) is 11.4. The van der Waals surface area contributed by atoms with Gasteiger partial charge < -0.3 is 14.9 Å². The molecule has 0 radical (unpaired) electrons. The number of hydrogen-bond acceptors (Lipinski definition) is 3. The number of hydrogen-bond donors (Lipinski definition) is 2. The SMILES string of the molecule is CC(O)C(OC(C)(C)C)C(=O)O. The standard InChI is InChI=1S/C8H16O4/c1-5(9)6(7(10)11)12-8(2,3)4/h5-6,9H,1-4H3,(H,10,11). The van der Waals surface area contributed by atoms with E-state index in [1.807, 2.05) is 0 Å². The monoisotopic (exact) mass is 176 g/mol. The number of aliphatic hydroxyl groups excluding tert-OH is 1. The van der Waals surface area contributed by atoms with Gasteiger partial charge in [-0.1, -0.05) is 0 Å². The van der Waals surface area contributed by atoms with Crippen LogP contribution in [0.25, 0.3) is 0 Å². The summed E-state index contributed by atoms with van der Waals surface area (Å²) in [5.41, 5.74) is -0.556. The number of aliphatic carboxylic acids is 1. The molecular weight excluding hydrogens is 160 g/mol. The maximum Gasteiger partial charge on any atom is 0.335 e. The predicted molar refractivity (Wildman–Crippen MR) is 43.9 cm³/mol. The van der Waals surface area contributed by atoms with Crippen molar-refractivity contribution < 1.29 is 19.7 Å². The van der Waals surface area contributed by atoms with E-state index in [0.29, 0.717) is 0 Å². The summed E-state index contributed by atoms with van der Waals surface area (Å²) < 4.78 is 5.11. The maximum atomic E-state index is 10.5. The maximum absolute atomic E-state index is 10.5. The Balaban J connectivity index is 4.25. The third-order valence-corrected chi connectivity index (χ3v) is 1.16. The van der Waals surface area contributed by atoms with Crippen molar-refractivity contribution in [1.82, 2.24) is 0 Å². The largest absolute Gasteiger partial charge is 0.479 e. The van der Waals surface area contributed by atoms with Gasteiger partial charge in [0.25, 0.3) is 0 Å². The molecule has 4 heteroatoms. The summed E-state index contributed by atoms with van der Waals surface area (Å²) in [6.07, 6.45) is -2.15. The number of ether oxygens (including phenoxy) is 1. The molecule has 0 spiro atoms. The number of carboxylic acid groups (broad SMARTS) is 1. The lowest BCUT2D eigenvalue weighted by Gasteiger charge is -2.26. The number of carboxylic acids is 1. The van der Waals surface area contributed by atoms with E-state index in [0.717, 1.165) is 0 Å². The third-order valence-electron chi connectivity index (χ3n) is 1.16. The second-order valence-electron chi connectivity index (χ2n) is 3.73. The van der Waals surface area contributed by atoms with Crippen LogP contribution in [0.5, 0.6) is 0 Å². The fourth-order valence-electron chi connectivity index (χ4n) is 0.736. The van der Waals surface area contributed by atoms with Crippen LogP contribution in [0.1, 0.15) is 27.7 Å². The van der Waals surface area contributed by atoms with Gasteiger partial charge in [0.15, 0.2) is 6.10 Å². The Labute approximate surface area is 72.2 Å². The minimum Gasteiger partial charge on any atom is -0.479 e. The van der Waals surface area contributed by atoms with Crippen LogP contribution in [0, 0.1) is 0 Å². The average Bonchev–Trinajstić information content (AvgIpc) is 1.79. The Kier molecular flexibility index (Phi) is 3.67. The molecule has 0 aliphatic carbocycles. The summed E-state index contributed by atoms with van der Waals surface area (Å²) in [5.74, 6) is -1.14. The minimum absolute atomic E-state index is 0.556. The molecule has 2 unspecified atom stereocenters. The summed E-state index contributed by atoms with van der Waals surface area (Å²) >= 11 is 0. The molecule has 0 amide bonds. The van der Waals surface area contributed by atoms with Gasteiger partial charge in [-0.3, -0.25) is 0 Å². The highest BCUT2D eigenvalue weighted by atomic mass is 16.5. The Bertz CT molecular complexity index is 157. The molecule has 0 bridgehead atoms. The van der Waals surface area contributed by atoms with Crippen molar-refractivity contribution in [1.29, 1.82) is 0 Å². The summed E-state index contributed by atoms with van der Waals surface area (Å²) in [6.45, 7) is 6.62. The molecule has 0 aliphatic rings. The molecule has 12 heavy (non-hydrogen) atoms. The van der Waals surface area contributed by atoms with E-state index in [1.165, 1.54) is 6.92 Å². The van der Waals surface area contributed by atoms with E-state index in [1.54, 1.807) is 20.8 Å². The number of aliphatic hydroxyl groups is 1. The Hall–Kier alpha value is -0.610. The minimum atomic E-state index is -1.15.